The molecule has 1 aliphatic carbocycles. The first-order valence-electron chi connectivity index (χ1n) is 8.54. The molecule has 4 rings (SSSR count). The highest BCUT2D eigenvalue weighted by atomic mass is 16.5. The summed E-state index contributed by atoms with van der Waals surface area (Å²) < 4.78 is 5.14. The fraction of sp³-hybridized carbons (Fsp3) is 0.238. The van der Waals surface area contributed by atoms with Gasteiger partial charge in [0.25, 0.3) is 5.43 Å². The topological polar surface area (TPSA) is 55.4 Å². The largest absolute Gasteiger partial charge is 0.497 e. The maximum atomic E-state index is 12.2. The van der Waals surface area contributed by atoms with Gasteiger partial charge in [-0.2, -0.15) is 0 Å². The van der Waals surface area contributed by atoms with Gasteiger partial charge in [-0.25, -0.2) is 0 Å². The number of fused-ring (bicyclic) bond motifs is 1. The van der Waals surface area contributed by atoms with Crippen LogP contribution in [0.5, 0.6) is 5.75 Å². The summed E-state index contributed by atoms with van der Waals surface area (Å²) in [5.41, 5.74) is 4.26. The van der Waals surface area contributed by atoms with E-state index in [9.17, 15) is 9.59 Å². The minimum Gasteiger partial charge on any atom is -0.497 e. The van der Waals surface area contributed by atoms with Gasteiger partial charge in [0.2, 0.25) is 5.43 Å². The number of hydrogen-bond donors (Lipinski definition) is 1. The molecule has 0 saturated carbocycles. The zero-order valence-electron chi connectivity index (χ0n) is 14.1. The number of rotatable bonds is 4. The van der Waals surface area contributed by atoms with Crippen molar-refractivity contribution in [2.45, 2.75) is 25.7 Å². The predicted octanol–water partition coefficient (Wildman–Crippen LogP) is 3.58. The zero-order valence-corrected chi connectivity index (χ0v) is 14.1. The van der Waals surface area contributed by atoms with Crippen LogP contribution in [0.1, 0.15) is 24.0 Å². The third-order valence-corrected chi connectivity index (χ3v) is 4.91. The van der Waals surface area contributed by atoms with Crippen LogP contribution in [-0.4, -0.2) is 7.11 Å². The maximum absolute atomic E-state index is 12.2. The van der Waals surface area contributed by atoms with E-state index in [0.29, 0.717) is 11.3 Å². The van der Waals surface area contributed by atoms with Gasteiger partial charge in [0, 0.05) is 5.69 Å². The average molecular weight is 333 g/mol. The van der Waals surface area contributed by atoms with Crippen molar-refractivity contribution in [2.24, 2.45) is 0 Å². The number of benzene rings is 2. The van der Waals surface area contributed by atoms with E-state index in [2.05, 4.69) is 17.4 Å². The lowest BCUT2D eigenvalue weighted by molar-refractivity contribution is 0.415. The summed E-state index contributed by atoms with van der Waals surface area (Å²) in [5, 5.41) is 3.09. The second kappa shape index (κ2) is 6.20. The van der Waals surface area contributed by atoms with Crippen LogP contribution in [0.15, 0.2) is 52.1 Å². The number of aryl methyl sites for hydroxylation is 2. The van der Waals surface area contributed by atoms with E-state index in [1.165, 1.54) is 24.0 Å². The van der Waals surface area contributed by atoms with Crippen LogP contribution in [0.25, 0.3) is 11.1 Å². The molecule has 0 aromatic heterocycles. The van der Waals surface area contributed by atoms with Gasteiger partial charge < -0.3 is 10.1 Å². The van der Waals surface area contributed by atoms with Crippen molar-refractivity contribution in [1.29, 1.82) is 0 Å². The monoisotopic (exact) mass is 333 g/mol. The van der Waals surface area contributed by atoms with Gasteiger partial charge in [0.1, 0.15) is 11.4 Å². The number of ether oxygens (including phenoxy) is 1. The highest BCUT2D eigenvalue weighted by Crippen LogP contribution is 2.31. The SMILES string of the molecule is COc1ccc(Nc2c(-c3ccc4c(c3)CCCC4)c(=O)c2=O)cc1. The maximum Gasteiger partial charge on any atom is 0.250 e. The normalized spacial score (nSPS) is 13.5. The minimum absolute atomic E-state index is 0.380. The van der Waals surface area contributed by atoms with Crippen molar-refractivity contribution >= 4 is 11.4 Å². The summed E-state index contributed by atoms with van der Waals surface area (Å²) in [4.78, 5) is 24.2. The van der Waals surface area contributed by atoms with E-state index in [1.54, 1.807) is 7.11 Å². The highest BCUT2D eigenvalue weighted by molar-refractivity contribution is 5.85. The van der Waals surface area contributed by atoms with Crippen LogP contribution in [0.2, 0.25) is 0 Å². The molecule has 0 spiro atoms. The van der Waals surface area contributed by atoms with Gasteiger partial charge in [-0.1, -0.05) is 18.2 Å². The van der Waals surface area contributed by atoms with Gasteiger partial charge in [0.15, 0.2) is 0 Å². The van der Waals surface area contributed by atoms with E-state index >= 15 is 0 Å². The molecule has 0 aliphatic heterocycles. The smallest absolute Gasteiger partial charge is 0.250 e. The Morgan fingerprint density at radius 2 is 1.60 bits per heavy atom. The number of nitrogens with one attached hydrogen (secondary N) is 1. The van der Waals surface area contributed by atoms with E-state index in [4.69, 9.17) is 4.74 Å². The van der Waals surface area contributed by atoms with E-state index in [1.807, 2.05) is 30.3 Å². The van der Waals surface area contributed by atoms with Crippen LogP contribution >= 0.6 is 0 Å². The van der Waals surface area contributed by atoms with Crippen molar-refractivity contribution in [1.82, 2.24) is 0 Å². The van der Waals surface area contributed by atoms with Crippen LogP contribution in [0.3, 0.4) is 0 Å². The lowest BCUT2D eigenvalue weighted by Crippen LogP contribution is -2.35. The third-order valence-electron chi connectivity index (χ3n) is 4.91. The number of methoxy groups -OCH3 is 1. The fourth-order valence-corrected chi connectivity index (χ4v) is 3.49. The van der Waals surface area contributed by atoms with Crippen LogP contribution in [-0.2, 0) is 12.8 Å². The quantitative estimate of drug-likeness (QED) is 0.742. The number of hydrogen-bond acceptors (Lipinski definition) is 4. The van der Waals surface area contributed by atoms with E-state index < -0.39 is 10.9 Å². The lowest BCUT2D eigenvalue weighted by Gasteiger charge is -2.18. The summed E-state index contributed by atoms with van der Waals surface area (Å²) in [7, 11) is 1.60. The Labute approximate surface area is 145 Å². The molecule has 4 heteroatoms. The van der Waals surface area contributed by atoms with Crippen molar-refractivity contribution in [3.8, 4) is 16.9 Å². The molecular weight excluding hydrogens is 314 g/mol. The van der Waals surface area contributed by atoms with Gasteiger partial charge in [0.05, 0.1) is 12.7 Å². The Bertz CT molecular complexity index is 995. The van der Waals surface area contributed by atoms with E-state index in [0.717, 1.165) is 29.8 Å². The molecule has 4 nitrogen and oxygen atoms in total. The lowest BCUT2D eigenvalue weighted by atomic mass is 9.88. The Morgan fingerprint density at radius 3 is 2.32 bits per heavy atom. The second-order valence-corrected chi connectivity index (χ2v) is 6.45. The molecule has 0 radical (unpaired) electrons. The van der Waals surface area contributed by atoms with E-state index in [-0.39, 0.29) is 0 Å². The first-order chi connectivity index (χ1) is 12.2. The second-order valence-electron chi connectivity index (χ2n) is 6.45. The van der Waals surface area contributed by atoms with Gasteiger partial charge in [-0.15, -0.1) is 0 Å². The molecule has 1 N–H and O–H groups in total. The molecule has 0 unspecified atom stereocenters. The Morgan fingerprint density at radius 1 is 0.880 bits per heavy atom. The molecule has 0 amide bonds. The molecule has 3 aromatic rings. The Kier molecular flexibility index (Phi) is 3.88. The average Bonchev–Trinajstić information content (AvgIpc) is 2.67. The van der Waals surface area contributed by atoms with Crippen molar-refractivity contribution < 1.29 is 4.74 Å². The highest BCUT2D eigenvalue weighted by Gasteiger charge is 2.23. The first-order valence-corrected chi connectivity index (χ1v) is 8.54. The van der Waals surface area contributed by atoms with Gasteiger partial charge in [-0.05, 0) is 66.6 Å². The van der Waals surface area contributed by atoms with Crippen molar-refractivity contribution in [3.05, 3.63) is 74.0 Å². The first kappa shape index (κ1) is 15.6. The van der Waals surface area contributed by atoms with Crippen LogP contribution in [0, 0.1) is 0 Å². The molecule has 0 atom stereocenters. The van der Waals surface area contributed by atoms with Crippen molar-refractivity contribution in [3.63, 3.8) is 0 Å². The summed E-state index contributed by atoms with van der Waals surface area (Å²) in [6.07, 6.45) is 4.54. The molecule has 0 fully saturated rings. The minimum atomic E-state index is -0.455. The summed E-state index contributed by atoms with van der Waals surface area (Å²) >= 11 is 0. The van der Waals surface area contributed by atoms with Crippen molar-refractivity contribution in [2.75, 3.05) is 12.4 Å². The fourth-order valence-electron chi connectivity index (χ4n) is 3.49. The van der Waals surface area contributed by atoms with Gasteiger partial charge >= 0.3 is 0 Å². The molecule has 25 heavy (non-hydrogen) atoms. The molecule has 0 bridgehead atoms. The molecule has 126 valence electrons. The zero-order chi connectivity index (χ0) is 17.4. The van der Waals surface area contributed by atoms with Crippen LogP contribution < -0.4 is 20.9 Å². The molecule has 0 heterocycles. The Hall–Kier alpha value is -2.88. The summed E-state index contributed by atoms with van der Waals surface area (Å²) in [5.74, 6) is 0.741. The molecule has 3 aromatic carbocycles. The Balaban J connectivity index is 1.68. The molecule has 0 saturated heterocycles. The number of anilines is 2. The molecular formula is C21H19NO3. The standard InChI is InChI=1S/C21H19NO3/c1-25-17-10-8-16(9-11-17)22-19-18(20(23)21(19)24)15-7-6-13-4-2-3-5-14(13)12-15/h6-12,22H,2-5H2,1H3. The molecule has 1 aliphatic rings. The third kappa shape index (κ3) is 2.74. The predicted molar refractivity (Wildman–Crippen MR) is 99.7 cm³/mol. The summed E-state index contributed by atoms with van der Waals surface area (Å²) in [6.45, 7) is 0. The van der Waals surface area contributed by atoms with Crippen LogP contribution in [0.4, 0.5) is 11.4 Å². The van der Waals surface area contributed by atoms with Gasteiger partial charge in [-0.3, -0.25) is 9.59 Å². The summed E-state index contributed by atoms with van der Waals surface area (Å²) in [6, 6.07) is 13.4.